The molecule has 1 heterocycles. The van der Waals surface area contributed by atoms with Gasteiger partial charge in [-0.15, -0.1) is 0 Å². The van der Waals surface area contributed by atoms with Gasteiger partial charge in [0.05, 0.1) is 6.61 Å². The first kappa shape index (κ1) is 13.6. The number of hydrogen-bond donors (Lipinski definition) is 0. The molecular weight excluding hydrogens is 250 g/mol. The molecule has 3 unspecified atom stereocenters. The fraction of sp³-hybridized carbons (Fsp3) is 0.588. The van der Waals surface area contributed by atoms with Crippen molar-refractivity contribution < 1.29 is 9.53 Å². The molecule has 3 heteroatoms. The molecule has 1 aromatic carbocycles. The van der Waals surface area contributed by atoms with Crippen LogP contribution >= 0.6 is 0 Å². The number of nitrogens with zero attached hydrogens (tertiary/aromatic N) is 1. The highest BCUT2D eigenvalue weighted by molar-refractivity contribution is 5.77. The molecule has 3 atom stereocenters. The van der Waals surface area contributed by atoms with Crippen molar-refractivity contribution in [2.24, 2.45) is 11.8 Å². The zero-order valence-corrected chi connectivity index (χ0v) is 12.1. The van der Waals surface area contributed by atoms with E-state index in [2.05, 4.69) is 4.90 Å². The second kappa shape index (κ2) is 5.96. The lowest BCUT2D eigenvalue weighted by atomic mass is 10.0. The molecule has 108 valence electrons. The minimum Gasteiger partial charge on any atom is -0.465 e. The molecule has 1 aliphatic carbocycles. The van der Waals surface area contributed by atoms with Gasteiger partial charge >= 0.3 is 5.97 Å². The first-order valence-corrected chi connectivity index (χ1v) is 7.75. The topological polar surface area (TPSA) is 29.5 Å². The van der Waals surface area contributed by atoms with Crippen molar-refractivity contribution in [1.82, 2.24) is 4.90 Å². The SMILES string of the molecule is CCOC(=O)C(c1ccccc1)N1CC2CCCC2C1. The molecule has 1 saturated heterocycles. The van der Waals surface area contributed by atoms with Crippen LogP contribution < -0.4 is 0 Å². The number of fused-ring (bicyclic) bond motifs is 1. The van der Waals surface area contributed by atoms with E-state index in [-0.39, 0.29) is 12.0 Å². The smallest absolute Gasteiger partial charge is 0.327 e. The maximum atomic E-state index is 12.4. The Kier molecular flexibility index (Phi) is 4.06. The largest absolute Gasteiger partial charge is 0.465 e. The van der Waals surface area contributed by atoms with Gasteiger partial charge in [0.25, 0.3) is 0 Å². The summed E-state index contributed by atoms with van der Waals surface area (Å²) in [4.78, 5) is 14.7. The normalized spacial score (nSPS) is 27.2. The lowest BCUT2D eigenvalue weighted by Gasteiger charge is -2.27. The van der Waals surface area contributed by atoms with Crippen LogP contribution in [0.3, 0.4) is 0 Å². The minimum atomic E-state index is -0.221. The average Bonchev–Trinajstić information content (AvgIpc) is 3.02. The summed E-state index contributed by atoms with van der Waals surface area (Å²) in [5.74, 6) is 1.48. The monoisotopic (exact) mass is 273 g/mol. The number of hydrogen-bond acceptors (Lipinski definition) is 3. The summed E-state index contributed by atoms with van der Waals surface area (Å²) in [5.41, 5.74) is 1.06. The van der Waals surface area contributed by atoms with E-state index in [1.54, 1.807) is 0 Å². The first-order valence-electron chi connectivity index (χ1n) is 7.75. The Morgan fingerprint density at radius 3 is 2.50 bits per heavy atom. The van der Waals surface area contributed by atoms with Crippen LogP contribution in [0, 0.1) is 11.8 Å². The summed E-state index contributed by atoms with van der Waals surface area (Å²) >= 11 is 0. The van der Waals surface area contributed by atoms with Gasteiger partial charge in [-0.2, -0.15) is 0 Å². The van der Waals surface area contributed by atoms with Gasteiger partial charge in [0.2, 0.25) is 0 Å². The van der Waals surface area contributed by atoms with E-state index < -0.39 is 0 Å². The third-order valence-corrected chi connectivity index (χ3v) is 4.74. The van der Waals surface area contributed by atoms with Gasteiger partial charge in [0.1, 0.15) is 6.04 Å². The zero-order valence-electron chi connectivity index (χ0n) is 12.1. The number of esters is 1. The van der Waals surface area contributed by atoms with Gasteiger partial charge in [0.15, 0.2) is 0 Å². The first-order chi connectivity index (χ1) is 9.79. The summed E-state index contributed by atoms with van der Waals surface area (Å²) in [6.07, 6.45) is 4.01. The van der Waals surface area contributed by atoms with E-state index in [9.17, 15) is 4.79 Å². The Labute approximate surface area is 120 Å². The quantitative estimate of drug-likeness (QED) is 0.790. The van der Waals surface area contributed by atoms with Crippen molar-refractivity contribution >= 4 is 5.97 Å². The van der Waals surface area contributed by atoms with Crippen LogP contribution in [0.15, 0.2) is 30.3 Å². The molecule has 0 spiro atoms. The summed E-state index contributed by atoms with van der Waals surface area (Å²) in [6, 6.07) is 9.84. The lowest BCUT2D eigenvalue weighted by Crippen LogP contribution is -2.34. The molecule has 1 aliphatic heterocycles. The number of likely N-dealkylation sites (tertiary alicyclic amines) is 1. The summed E-state index contributed by atoms with van der Waals surface area (Å²) in [5, 5.41) is 0. The van der Waals surface area contributed by atoms with E-state index in [1.165, 1.54) is 19.3 Å². The van der Waals surface area contributed by atoms with Crippen LogP contribution in [-0.4, -0.2) is 30.6 Å². The summed E-state index contributed by atoms with van der Waals surface area (Å²) in [7, 11) is 0. The standard InChI is InChI=1S/C17H23NO2/c1-2-20-17(19)16(13-7-4-3-5-8-13)18-11-14-9-6-10-15(14)12-18/h3-5,7-8,14-16H,2,6,9-12H2,1H3. The van der Waals surface area contributed by atoms with Crippen molar-refractivity contribution in [3.63, 3.8) is 0 Å². The van der Waals surface area contributed by atoms with E-state index in [1.807, 2.05) is 37.3 Å². The van der Waals surface area contributed by atoms with Gasteiger partial charge in [-0.05, 0) is 37.2 Å². The predicted molar refractivity (Wildman–Crippen MR) is 78.2 cm³/mol. The number of carbonyl (C=O) groups is 1. The molecule has 2 fully saturated rings. The maximum Gasteiger partial charge on any atom is 0.327 e. The van der Waals surface area contributed by atoms with Crippen molar-refractivity contribution in [3.05, 3.63) is 35.9 Å². The Morgan fingerprint density at radius 2 is 1.90 bits per heavy atom. The Balaban J connectivity index is 1.81. The van der Waals surface area contributed by atoms with Crippen molar-refractivity contribution in [1.29, 1.82) is 0 Å². The molecule has 20 heavy (non-hydrogen) atoms. The molecule has 0 amide bonds. The van der Waals surface area contributed by atoms with Crippen LogP contribution in [0.2, 0.25) is 0 Å². The van der Waals surface area contributed by atoms with Crippen molar-refractivity contribution in [2.75, 3.05) is 19.7 Å². The lowest BCUT2D eigenvalue weighted by molar-refractivity contribution is -0.149. The zero-order chi connectivity index (χ0) is 13.9. The number of ether oxygens (including phenoxy) is 1. The number of rotatable bonds is 4. The van der Waals surface area contributed by atoms with Crippen molar-refractivity contribution in [3.8, 4) is 0 Å². The summed E-state index contributed by atoms with van der Waals surface area (Å²) < 4.78 is 5.31. The van der Waals surface area contributed by atoms with Gasteiger partial charge in [-0.25, -0.2) is 4.79 Å². The van der Waals surface area contributed by atoms with Gasteiger partial charge in [-0.3, -0.25) is 4.90 Å². The molecule has 1 aromatic rings. The fourth-order valence-electron chi connectivity index (χ4n) is 3.83. The van der Waals surface area contributed by atoms with E-state index >= 15 is 0 Å². The Hall–Kier alpha value is -1.35. The molecule has 3 rings (SSSR count). The molecule has 1 saturated carbocycles. The second-order valence-corrected chi connectivity index (χ2v) is 5.97. The van der Waals surface area contributed by atoms with Gasteiger partial charge < -0.3 is 4.74 Å². The van der Waals surface area contributed by atoms with Crippen LogP contribution in [0.5, 0.6) is 0 Å². The molecule has 0 aromatic heterocycles. The second-order valence-electron chi connectivity index (χ2n) is 5.97. The van der Waals surface area contributed by atoms with E-state index in [0.29, 0.717) is 6.61 Å². The highest BCUT2D eigenvalue weighted by atomic mass is 16.5. The molecule has 0 N–H and O–H groups in total. The van der Waals surface area contributed by atoms with Crippen LogP contribution in [0.4, 0.5) is 0 Å². The number of carbonyl (C=O) groups excluding carboxylic acids is 1. The van der Waals surface area contributed by atoms with Crippen LogP contribution in [0.1, 0.15) is 37.8 Å². The molecule has 0 bridgehead atoms. The predicted octanol–water partition coefficient (Wildman–Crippen LogP) is 3.02. The van der Waals surface area contributed by atoms with E-state index in [0.717, 1.165) is 30.5 Å². The molecule has 0 radical (unpaired) electrons. The third-order valence-electron chi connectivity index (χ3n) is 4.74. The van der Waals surface area contributed by atoms with E-state index in [4.69, 9.17) is 4.74 Å². The highest BCUT2D eigenvalue weighted by Crippen LogP contribution is 2.41. The fourth-order valence-corrected chi connectivity index (χ4v) is 3.83. The molecule has 2 aliphatic rings. The number of benzene rings is 1. The third kappa shape index (κ3) is 2.59. The van der Waals surface area contributed by atoms with Crippen molar-refractivity contribution in [2.45, 2.75) is 32.2 Å². The molecular formula is C17H23NO2. The Morgan fingerprint density at radius 1 is 1.25 bits per heavy atom. The average molecular weight is 273 g/mol. The highest BCUT2D eigenvalue weighted by Gasteiger charge is 2.41. The Bertz CT molecular complexity index is 447. The maximum absolute atomic E-state index is 12.4. The molecule has 3 nitrogen and oxygen atoms in total. The summed E-state index contributed by atoms with van der Waals surface area (Å²) in [6.45, 7) is 4.41. The minimum absolute atomic E-state index is 0.0985. The van der Waals surface area contributed by atoms with Gasteiger partial charge in [0, 0.05) is 13.1 Å². The van der Waals surface area contributed by atoms with Crippen LogP contribution in [-0.2, 0) is 9.53 Å². The van der Waals surface area contributed by atoms with Gasteiger partial charge in [-0.1, -0.05) is 36.8 Å². The van der Waals surface area contributed by atoms with Crippen LogP contribution in [0.25, 0.3) is 0 Å².